The summed E-state index contributed by atoms with van der Waals surface area (Å²) in [6.45, 7) is 3.85. The van der Waals surface area contributed by atoms with Crippen molar-refractivity contribution in [2.24, 2.45) is 12.0 Å². The molecule has 1 aliphatic rings. The standard InChI is InChI=1S/C18H27ClN6S/c1-20-17(24(3)12-16-10-14(19)11-23(16)2)21-7-6-15-13-26-18(22-15)25-8-4-5-9-25/h10-11,13H,4-9,12H2,1-3H3,(H,20,21). The van der Waals surface area contributed by atoms with Gasteiger partial charge in [0.1, 0.15) is 0 Å². The van der Waals surface area contributed by atoms with Crippen LogP contribution in [0.4, 0.5) is 5.13 Å². The number of aliphatic imine (C=N–C) groups is 1. The van der Waals surface area contributed by atoms with Crippen LogP contribution in [0.25, 0.3) is 0 Å². The number of aromatic nitrogens is 2. The van der Waals surface area contributed by atoms with Gasteiger partial charge < -0.3 is 19.7 Å². The van der Waals surface area contributed by atoms with Crippen molar-refractivity contribution in [3.63, 3.8) is 0 Å². The SMILES string of the molecule is CN=C(NCCc1csc(N2CCCC2)n1)N(C)Cc1cc(Cl)cn1C. The van der Waals surface area contributed by atoms with Gasteiger partial charge in [-0.25, -0.2) is 4.98 Å². The van der Waals surface area contributed by atoms with Crippen LogP contribution in [-0.2, 0) is 20.0 Å². The predicted molar refractivity (Wildman–Crippen MR) is 111 cm³/mol. The van der Waals surface area contributed by atoms with Gasteiger partial charge in [-0.3, -0.25) is 4.99 Å². The fourth-order valence-corrected chi connectivity index (χ4v) is 4.38. The van der Waals surface area contributed by atoms with Gasteiger partial charge in [-0.2, -0.15) is 0 Å². The summed E-state index contributed by atoms with van der Waals surface area (Å²) in [5.74, 6) is 0.873. The lowest BCUT2D eigenvalue weighted by Gasteiger charge is -2.22. The zero-order valence-electron chi connectivity index (χ0n) is 15.7. The highest BCUT2D eigenvalue weighted by Gasteiger charge is 2.15. The maximum absolute atomic E-state index is 6.07. The summed E-state index contributed by atoms with van der Waals surface area (Å²) < 4.78 is 2.04. The molecule has 142 valence electrons. The molecule has 0 aliphatic carbocycles. The van der Waals surface area contributed by atoms with E-state index in [1.807, 2.05) is 38.0 Å². The molecule has 1 fully saturated rings. The maximum atomic E-state index is 6.07. The molecule has 0 saturated carbocycles. The number of guanidine groups is 1. The van der Waals surface area contributed by atoms with E-state index in [4.69, 9.17) is 16.6 Å². The Bertz CT molecular complexity index is 747. The molecule has 2 aromatic rings. The van der Waals surface area contributed by atoms with Crippen LogP contribution < -0.4 is 10.2 Å². The van der Waals surface area contributed by atoms with Gasteiger partial charge in [0.15, 0.2) is 11.1 Å². The van der Waals surface area contributed by atoms with Crippen molar-refractivity contribution in [2.75, 3.05) is 38.6 Å². The number of nitrogens with zero attached hydrogens (tertiary/aromatic N) is 5. The number of hydrogen-bond acceptors (Lipinski definition) is 4. The lowest BCUT2D eigenvalue weighted by atomic mass is 10.3. The van der Waals surface area contributed by atoms with Crippen LogP contribution in [0.3, 0.4) is 0 Å². The van der Waals surface area contributed by atoms with Crippen molar-refractivity contribution in [3.8, 4) is 0 Å². The smallest absolute Gasteiger partial charge is 0.193 e. The fraction of sp³-hybridized carbons (Fsp3) is 0.556. The van der Waals surface area contributed by atoms with Crippen molar-refractivity contribution >= 4 is 34.0 Å². The first-order valence-corrected chi connectivity index (χ1v) is 10.2. The minimum atomic E-state index is 0.749. The molecule has 0 amide bonds. The first kappa shape index (κ1) is 19.0. The average molecular weight is 395 g/mol. The lowest BCUT2D eigenvalue weighted by molar-refractivity contribution is 0.462. The van der Waals surface area contributed by atoms with Crippen LogP contribution >= 0.6 is 22.9 Å². The number of aryl methyl sites for hydroxylation is 1. The lowest BCUT2D eigenvalue weighted by Crippen LogP contribution is -2.39. The zero-order chi connectivity index (χ0) is 18.5. The highest BCUT2D eigenvalue weighted by Crippen LogP contribution is 2.24. The molecule has 26 heavy (non-hydrogen) atoms. The zero-order valence-corrected chi connectivity index (χ0v) is 17.3. The van der Waals surface area contributed by atoms with E-state index in [1.165, 1.54) is 18.0 Å². The van der Waals surface area contributed by atoms with Crippen LogP contribution in [0.2, 0.25) is 5.02 Å². The van der Waals surface area contributed by atoms with Crippen LogP contribution in [0.15, 0.2) is 22.6 Å². The Balaban J connectivity index is 1.48. The third-order valence-corrected chi connectivity index (χ3v) is 5.78. The van der Waals surface area contributed by atoms with E-state index in [0.717, 1.165) is 55.0 Å². The quantitative estimate of drug-likeness (QED) is 0.604. The second-order valence-electron chi connectivity index (χ2n) is 6.66. The summed E-state index contributed by atoms with van der Waals surface area (Å²) in [6, 6.07) is 1.99. The molecule has 2 aromatic heterocycles. The van der Waals surface area contributed by atoms with E-state index >= 15 is 0 Å². The highest BCUT2D eigenvalue weighted by molar-refractivity contribution is 7.13. The van der Waals surface area contributed by atoms with Crippen molar-refractivity contribution in [1.29, 1.82) is 0 Å². The van der Waals surface area contributed by atoms with Crippen LogP contribution in [0.1, 0.15) is 24.2 Å². The summed E-state index contributed by atoms with van der Waals surface area (Å²) in [5, 5.41) is 7.53. The number of halogens is 1. The summed E-state index contributed by atoms with van der Waals surface area (Å²) in [4.78, 5) is 13.6. The first-order chi connectivity index (χ1) is 12.6. The van der Waals surface area contributed by atoms with Gasteiger partial charge in [-0.15, -0.1) is 11.3 Å². The van der Waals surface area contributed by atoms with Crippen LogP contribution in [0.5, 0.6) is 0 Å². The molecule has 0 spiro atoms. The number of anilines is 1. The van der Waals surface area contributed by atoms with Gasteiger partial charge in [-0.05, 0) is 18.9 Å². The number of rotatable bonds is 6. The molecule has 1 saturated heterocycles. The second kappa shape index (κ2) is 8.77. The average Bonchev–Trinajstić information content (AvgIpc) is 3.33. The molecule has 0 radical (unpaired) electrons. The number of hydrogen-bond donors (Lipinski definition) is 1. The maximum Gasteiger partial charge on any atom is 0.193 e. The normalized spacial score (nSPS) is 14.9. The van der Waals surface area contributed by atoms with Gasteiger partial charge in [0.2, 0.25) is 0 Å². The summed E-state index contributed by atoms with van der Waals surface area (Å²) in [5.41, 5.74) is 2.30. The molecule has 1 aliphatic heterocycles. The molecule has 0 unspecified atom stereocenters. The molecule has 6 nitrogen and oxygen atoms in total. The van der Waals surface area contributed by atoms with Crippen LogP contribution in [0, 0.1) is 0 Å². The monoisotopic (exact) mass is 394 g/mol. The predicted octanol–water partition coefficient (Wildman–Crippen LogP) is 2.99. The van der Waals surface area contributed by atoms with Crippen molar-refractivity contribution in [3.05, 3.63) is 34.1 Å². The van der Waals surface area contributed by atoms with E-state index in [9.17, 15) is 0 Å². The van der Waals surface area contributed by atoms with Crippen molar-refractivity contribution in [2.45, 2.75) is 25.8 Å². The van der Waals surface area contributed by atoms with Gasteiger partial charge >= 0.3 is 0 Å². The molecule has 0 aromatic carbocycles. The largest absolute Gasteiger partial charge is 0.356 e. The minimum Gasteiger partial charge on any atom is -0.356 e. The second-order valence-corrected chi connectivity index (χ2v) is 7.93. The van der Waals surface area contributed by atoms with E-state index in [1.54, 1.807) is 11.3 Å². The van der Waals surface area contributed by atoms with Crippen LogP contribution in [-0.4, -0.2) is 54.1 Å². The van der Waals surface area contributed by atoms with E-state index < -0.39 is 0 Å². The van der Waals surface area contributed by atoms with Gasteiger partial charge in [0.05, 0.1) is 17.3 Å². The number of nitrogens with one attached hydrogen (secondary N) is 1. The molecule has 0 atom stereocenters. The molecule has 8 heteroatoms. The topological polar surface area (TPSA) is 48.7 Å². The van der Waals surface area contributed by atoms with Gasteiger partial charge in [-0.1, -0.05) is 11.6 Å². The molecule has 1 N–H and O–H groups in total. The third kappa shape index (κ3) is 4.71. The summed E-state index contributed by atoms with van der Waals surface area (Å²) in [7, 11) is 5.85. The van der Waals surface area contributed by atoms with Crippen molar-refractivity contribution < 1.29 is 0 Å². The molecular weight excluding hydrogens is 368 g/mol. The van der Waals surface area contributed by atoms with E-state index in [-0.39, 0.29) is 0 Å². The Morgan fingerprint density at radius 3 is 2.85 bits per heavy atom. The fourth-order valence-electron chi connectivity index (χ4n) is 3.19. The van der Waals surface area contributed by atoms with E-state index in [2.05, 4.69) is 25.5 Å². The van der Waals surface area contributed by atoms with Gasteiger partial charge in [0, 0.05) is 64.5 Å². The Morgan fingerprint density at radius 2 is 2.19 bits per heavy atom. The summed E-state index contributed by atoms with van der Waals surface area (Å²) >= 11 is 7.82. The third-order valence-electron chi connectivity index (χ3n) is 4.63. The Kier molecular flexibility index (Phi) is 6.43. The Morgan fingerprint density at radius 1 is 1.42 bits per heavy atom. The molecule has 3 rings (SSSR count). The minimum absolute atomic E-state index is 0.749. The summed E-state index contributed by atoms with van der Waals surface area (Å²) in [6.07, 6.45) is 5.38. The molecule has 3 heterocycles. The highest BCUT2D eigenvalue weighted by atomic mass is 35.5. The van der Waals surface area contributed by atoms with Gasteiger partial charge in [0.25, 0.3) is 0 Å². The Labute approximate surface area is 164 Å². The molecular formula is C18H27ClN6S. The van der Waals surface area contributed by atoms with Crippen molar-refractivity contribution in [1.82, 2.24) is 19.8 Å². The number of thiazole rings is 1. The Hall–Kier alpha value is -1.73. The first-order valence-electron chi connectivity index (χ1n) is 8.98. The molecule has 0 bridgehead atoms. The van der Waals surface area contributed by atoms with E-state index in [0.29, 0.717) is 0 Å².